The van der Waals surface area contributed by atoms with Gasteiger partial charge in [-0.2, -0.15) is 5.10 Å². The van der Waals surface area contributed by atoms with Gasteiger partial charge in [-0.3, -0.25) is 4.79 Å². The zero-order valence-electron chi connectivity index (χ0n) is 12.1. The fraction of sp³-hybridized carbons (Fsp3) is 0.500. The molecule has 3 heterocycles. The first-order valence-electron chi connectivity index (χ1n) is 7.35. The number of anilines is 1. The molecule has 0 radical (unpaired) electrons. The molecule has 8 heteroatoms. The van der Waals surface area contributed by atoms with Crippen molar-refractivity contribution < 1.29 is 15.0 Å². The van der Waals surface area contributed by atoms with Gasteiger partial charge in [0.2, 0.25) is 0 Å². The Labute approximate surface area is 127 Å². The molecule has 3 N–H and O–H groups in total. The zero-order valence-corrected chi connectivity index (χ0v) is 12.1. The van der Waals surface area contributed by atoms with Crippen molar-refractivity contribution in [2.75, 3.05) is 31.1 Å². The third-order valence-corrected chi connectivity index (χ3v) is 3.74. The molecule has 8 nitrogen and oxygen atoms in total. The van der Waals surface area contributed by atoms with E-state index in [1.807, 2.05) is 6.07 Å². The Bertz CT molecular complexity index is 666. The van der Waals surface area contributed by atoms with Crippen LogP contribution in [0, 0.1) is 0 Å². The number of nitrogens with zero attached hydrogens (tertiary/aromatic N) is 4. The van der Waals surface area contributed by atoms with Crippen LogP contribution in [0.1, 0.15) is 23.2 Å². The van der Waals surface area contributed by atoms with Gasteiger partial charge < -0.3 is 20.4 Å². The monoisotopic (exact) mass is 305 g/mol. The number of carbonyl (C=O) groups is 1. The Morgan fingerprint density at radius 3 is 2.91 bits per heavy atom. The molecule has 1 fully saturated rings. The minimum atomic E-state index is -0.973. The summed E-state index contributed by atoms with van der Waals surface area (Å²) in [7, 11) is 0. The molecule has 1 aliphatic rings. The predicted octanol–water partition coefficient (Wildman–Crippen LogP) is -0.587. The van der Waals surface area contributed by atoms with Crippen molar-refractivity contribution in [1.29, 1.82) is 0 Å². The van der Waals surface area contributed by atoms with Crippen LogP contribution >= 0.6 is 0 Å². The van der Waals surface area contributed by atoms with Crippen molar-refractivity contribution >= 4 is 17.4 Å². The molecule has 0 aliphatic carbocycles. The van der Waals surface area contributed by atoms with Crippen molar-refractivity contribution in [3.05, 3.63) is 24.0 Å². The van der Waals surface area contributed by atoms with E-state index >= 15 is 0 Å². The lowest BCUT2D eigenvalue weighted by atomic mass is 10.3. The van der Waals surface area contributed by atoms with Crippen LogP contribution in [-0.4, -0.2) is 63.1 Å². The number of aliphatic hydroxyl groups is 2. The minimum absolute atomic E-state index is 0.0154. The van der Waals surface area contributed by atoms with E-state index in [9.17, 15) is 9.90 Å². The SMILES string of the molecule is O=C(NCC(O)CO)c1cnn2ccc(N3CCCC3)nc12. The molecule has 0 aromatic carbocycles. The number of rotatable bonds is 5. The number of aliphatic hydroxyl groups excluding tert-OH is 2. The molecule has 1 atom stereocenters. The molecule has 1 amide bonds. The highest BCUT2D eigenvalue weighted by Gasteiger charge is 2.18. The molecule has 118 valence electrons. The number of aromatic nitrogens is 3. The van der Waals surface area contributed by atoms with Crippen LogP contribution in [0.25, 0.3) is 5.65 Å². The van der Waals surface area contributed by atoms with Crippen LogP contribution < -0.4 is 10.2 Å². The molecular weight excluding hydrogens is 286 g/mol. The van der Waals surface area contributed by atoms with Crippen LogP contribution in [0.5, 0.6) is 0 Å². The normalized spacial score (nSPS) is 16.2. The molecule has 1 saturated heterocycles. The molecule has 22 heavy (non-hydrogen) atoms. The fourth-order valence-electron chi connectivity index (χ4n) is 2.51. The number of fused-ring (bicyclic) bond motifs is 1. The fourth-order valence-corrected chi connectivity index (χ4v) is 2.51. The standard InChI is InChI=1S/C14H19N5O3/c20-9-10(21)7-15-14(22)11-8-16-19-6-3-12(17-13(11)19)18-4-1-2-5-18/h3,6,8,10,20-21H,1-2,4-5,7,9H2,(H,15,22). The first kappa shape index (κ1) is 14.7. The zero-order chi connectivity index (χ0) is 15.5. The Morgan fingerprint density at radius 2 is 2.18 bits per heavy atom. The molecule has 3 rings (SSSR count). The van der Waals surface area contributed by atoms with Gasteiger partial charge in [0.1, 0.15) is 11.4 Å². The van der Waals surface area contributed by atoms with E-state index in [0.717, 1.165) is 31.7 Å². The Balaban J connectivity index is 1.83. The van der Waals surface area contributed by atoms with E-state index in [-0.39, 0.29) is 12.5 Å². The summed E-state index contributed by atoms with van der Waals surface area (Å²) in [6.45, 7) is 1.54. The van der Waals surface area contributed by atoms with Crippen molar-refractivity contribution in [3.63, 3.8) is 0 Å². The summed E-state index contributed by atoms with van der Waals surface area (Å²) < 4.78 is 1.55. The Hall–Kier alpha value is -2.19. The van der Waals surface area contributed by atoms with Gasteiger partial charge in [0.25, 0.3) is 5.91 Å². The topological polar surface area (TPSA) is 103 Å². The predicted molar refractivity (Wildman–Crippen MR) is 79.9 cm³/mol. The summed E-state index contributed by atoms with van der Waals surface area (Å²) in [6.07, 6.45) is 4.57. The van der Waals surface area contributed by atoms with Crippen molar-refractivity contribution in [3.8, 4) is 0 Å². The van der Waals surface area contributed by atoms with E-state index in [1.54, 1.807) is 10.7 Å². The number of carbonyl (C=O) groups excluding carboxylic acids is 1. The average Bonchev–Trinajstić information content (AvgIpc) is 3.20. The number of hydrogen-bond donors (Lipinski definition) is 3. The highest BCUT2D eigenvalue weighted by atomic mass is 16.3. The van der Waals surface area contributed by atoms with E-state index < -0.39 is 12.7 Å². The number of amides is 1. The van der Waals surface area contributed by atoms with Crippen molar-refractivity contribution in [2.45, 2.75) is 18.9 Å². The van der Waals surface area contributed by atoms with Crippen molar-refractivity contribution in [2.24, 2.45) is 0 Å². The van der Waals surface area contributed by atoms with Crippen LogP contribution in [0.3, 0.4) is 0 Å². The van der Waals surface area contributed by atoms with E-state index in [4.69, 9.17) is 5.11 Å². The summed E-state index contributed by atoms with van der Waals surface area (Å²) in [4.78, 5) is 18.9. The lowest BCUT2D eigenvalue weighted by Crippen LogP contribution is -2.33. The lowest BCUT2D eigenvalue weighted by molar-refractivity contribution is 0.0803. The van der Waals surface area contributed by atoms with Crippen molar-refractivity contribution in [1.82, 2.24) is 19.9 Å². The highest BCUT2D eigenvalue weighted by molar-refractivity contribution is 5.99. The van der Waals surface area contributed by atoms with E-state index in [2.05, 4.69) is 20.3 Å². The third-order valence-electron chi connectivity index (χ3n) is 3.74. The maximum atomic E-state index is 12.2. The highest BCUT2D eigenvalue weighted by Crippen LogP contribution is 2.19. The molecule has 0 spiro atoms. The molecule has 1 unspecified atom stereocenters. The average molecular weight is 305 g/mol. The smallest absolute Gasteiger partial charge is 0.256 e. The third kappa shape index (κ3) is 2.88. The van der Waals surface area contributed by atoms with Crippen LogP contribution in [0.4, 0.5) is 5.82 Å². The quantitative estimate of drug-likeness (QED) is 0.682. The van der Waals surface area contributed by atoms with Gasteiger partial charge >= 0.3 is 0 Å². The Morgan fingerprint density at radius 1 is 1.41 bits per heavy atom. The minimum Gasteiger partial charge on any atom is -0.394 e. The van der Waals surface area contributed by atoms with Gasteiger partial charge in [-0.15, -0.1) is 0 Å². The van der Waals surface area contributed by atoms with Gasteiger partial charge in [-0.05, 0) is 18.9 Å². The van der Waals surface area contributed by atoms with E-state index in [0.29, 0.717) is 11.2 Å². The lowest BCUT2D eigenvalue weighted by Gasteiger charge is -2.16. The molecular formula is C14H19N5O3. The second kappa shape index (κ2) is 6.29. The molecule has 0 bridgehead atoms. The summed E-state index contributed by atoms with van der Waals surface area (Å²) >= 11 is 0. The maximum absolute atomic E-state index is 12.2. The summed E-state index contributed by atoms with van der Waals surface area (Å²) in [5, 5.41) is 24.7. The van der Waals surface area contributed by atoms with Crippen LogP contribution in [-0.2, 0) is 0 Å². The van der Waals surface area contributed by atoms with Crippen LogP contribution in [0.2, 0.25) is 0 Å². The summed E-state index contributed by atoms with van der Waals surface area (Å²) in [5.74, 6) is 0.475. The first-order chi connectivity index (χ1) is 10.7. The maximum Gasteiger partial charge on any atom is 0.256 e. The second-order valence-corrected chi connectivity index (χ2v) is 5.35. The van der Waals surface area contributed by atoms with Gasteiger partial charge in [-0.25, -0.2) is 9.50 Å². The second-order valence-electron chi connectivity index (χ2n) is 5.35. The molecule has 1 aliphatic heterocycles. The Kier molecular flexibility index (Phi) is 4.21. The van der Waals surface area contributed by atoms with Crippen LogP contribution in [0.15, 0.2) is 18.5 Å². The van der Waals surface area contributed by atoms with Gasteiger partial charge in [-0.1, -0.05) is 0 Å². The molecule has 2 aromatic rings. The summed E-state index contributed by atoms with van der Waals surface area (Å²) in [5.41, 5.74) is 0.839. The van der Waals surface area contributed by atoms with Gasteiger partial charge in [0.15, 0.2) is 5.65 Å². The largest absolute Gasteiger partial charge is 0.394 e. The van der Waals surface area contributed by atoms with E-state index in [1.165, 1.54) is 6.20 Å². The first-order valence-corrected chi connectivity index (χ1v) is 7.35. The number of hydrogen-bond acceptors (Lipinski definition) is 6. The molecule has 0 saturated carbocycles. The van der Waals surface area contributed by atoms with Gasteiger partial charge in [0.05, 0.1) is 18.9 Å². The number of nitrogens with one attached hydrogen (secondary N) is 1. The van der Waals surface area contributed by atoms with Gasteiger partial charge in [0, 0.05) is 25.8 Å². The summed E-state index contributed by atoms with van der Waals surface area (Å²) in [6, 6.07) is 1.89. The molecule has 2 aromatic heterocycles.